The molecule has 0 amide bonds. The molecule has 0 aliphatic carbocycles. The second kappa shape index (κ2) is 6.86. The molecule has 3 aromatic rings. The monoisotopic (exact) mass is 334 g/mol. The average molecular weight is 334 g/mol. The van der Waals surface area contributed by atoms with Crippen molar-refractivity contribution < 1.29 is 18.4 Å². The summed E-state index contributed by atoms with van der Waals surface area (Å²) in [6, 6.07) is 15.7. The molecule has 0 aliphatic rings. The number of hydrogen-bond donors (Lipinski definition) is 0. The van der Waals surface area contributed by atoms with Crippen molar-refractivity contribution in [3.63, 3.8) is 0 Å². The minimum atomic E-state index is -0.595. The van der Waals surface area contributed by atoms with Gasteiger partial charge in [-0.25, -0.2) is 4.39 Å². The first-order valence-electron chi connectivity index (χ1n) is 7.32. The highest BCUT2D eigenvalue weighted by Crippen LogP contribution is 2.20. The van der Waals surface area contributed by atoms with Crippen molar-refractivity contribution in [3.8, 4) is 11.3 Å². The Bertz CT molecular complexity index is 1030. The van der Waals surface area contributed by atoms with Gasteiger partial charge in [-0.05, 0) is 24.3 Å². The number of nitrogens with zero attached hydrogens (tertiary/aromatic N) is 2. The number of hydrogen-bond acceptors (Lipinski definition) is 3. The first kappa shape index (κ1) is 16.2. The number of benzene rings is 2. The van der Waals surface area contributed by atoms with E-state index in [-0.39, 0.29) is 17.1 Å². The highest BCUT2D eigenvalue weighted by atomic mass is 19.1. The van der Waals surface area contributed by atoms with Crippen LogP contribution in [0.15, 0.2) is 75.9 Å². The van der Waals surface area contributed by atoms with Crippen molar-refractivity contribution in [1.29, 1.82) is 0 Å². The third kappa shape index (κ3) is 3.49. The van der Waals surface area contributed by atoms with Gasteiger partial charge in [0.05, 0.1) is 0 Å². The van der Waals surface area contributed by atoms with Gasteiger partial charge in [-0.2, -0.15) is 4.79 Å². The molecule has 0 saturated heterocycles. The number of carbonyl (C=O) groups is 1. The van der Waals surface area contributed by atoms with Crippen LogP contribution in [0.4, 0.5) is 4.39 Å². The minimum Gasteiger partial charge on any atom is -0.448 e. The van der Waals surface area contributed by atoms with Gasteiger partial charge in [0.2, 0.25) is 5.76 Å². The summed E-state index contributed by atoms with van der Waals surface area (Å²) in [4.78, 5) is 27.4. The molecule has 0 N–H and O–H groups in total. The number of Topliss-reactive ketones (excluding diaryl/α,β-unsaturated/α-hetero) is 1. The molecule has 122 valence electrons. The zero-order valence-corrected chi connectivity index (χ0v) is 12.8. The predicted molar refractivity (Wildman–Crippen MR) is 88.9 cm³/mol. The third-order valence-corrected chi connectivity index (χ3v) is 3.48. The molecule has 0 radical (unpaired) electrons. The average Bonchev–Trinajstić information content (AvgIpc) is 2.63. The molecule has 0 spiro atoms. The molecule has 25 heavy (non-hydrogen) atoms. The van der Waals surface area contributed by atoms with E-state index in [4.69, 9.17) is 4.42 Å². The summed E-state index contributed by atoms with van der Waals surface area (Å²) >= 11 is 0. The van der Waals surface area contributed by atoms with Crippen LogP contribution in [0.3, 0.4) is 0 Å². The Hall–Kier alpha value is -3.63. The van der Waals surface area contributed by atoms with Gasteiger partial charge in [0, 0.05) is 23.3 Å². The Kier molecular flexibility index (Phi) is 4.46. The number of rotatable bonds is 4. The highest BCUT2D eigenvalue weighted by Gasteiger charge is 2.27. The topological polar surface area (TPSA) is 83.7 Å². The molecule has 3 rings (SSSR count). The SMILES string of the molecule is [N-]=[N+]=C(C(=O)c1ccccc1)c1cc(=O)cc(-c2ccc(F)cc2)o1. The molecule has 0 atom stereocenters. The van der Waals surface area contributed by atoms with Gasteiger partial charge < -0.3 is 9.95 Å². The van der Waals surface area contributed by atoms with E-state index in [1.807, 2.05) is 0 Å². The van der Waals surface area contributed by atoms with Crippen molar-refractivity contribution >= 4 is 11.5 Å². The Morgan fingerprint density at radius 2 is 1.68 bits per heavy atom. The summed E-state index contributed by atoms with van der Waals surface area (Å²) < 4.78 is 18.6. The summed E-state index contributed by atoms with van der Waals surface area (Å²) in [6.45, 7) is 0. The molecule has 0 saturated carbocycles. The van der Waals surface area contributed by atoms with Gasteiger partial charge in [-0.15, -0.1) is 0 Å². The maximum absolute atomic E-state index is 13.0. The second-order valence-corrected chi connectivity index (χ2v) is 5.17. The van der Waals surface area contributed by atoms with E-state index in [2.05, 4.69) is 4.79 Å². The van der Waals surface area contributed by atoms with E-state index >= 15 is 0 Å². The lowest BCUT2D eigenvalue weighted by atomic mass is 10.0. The van der Waals surface area contributed by atoms with Gasteiger partial charge in [0.25, 0.3) is 5.78 Å². The molecule has 0 aliphatic heterocycles. The van der Waals surface area contributed by atoms with Crippen LogP contribution < -0.4 is 5.43 Å². The number of halogens is 1. The van der Waals surface area contributed by atoms with Gasteiger partial charge in [-0.3, -0.25) is 9.59 Å². The molecule has 0 unspecified atom stereocenters. The summed E-state index contributed by atoms with van der Waals surface area (Å²) in [5, 5.41) is 0. The standard InChI is InChI=1S/C19H11FN2O3/c20-14-8-6-12(7-9-14)16-10-15(23)11-17(25-16)18(22-21)19(24)13-4-2-1-3-5-13/h1-11H. The van der Waals surface area contributed by atoms with E-state index in [1.165, 1.54) is 30.3 Å². The van der Waals surface area contributed by atoms with Crippen LogP contribution in [0.2, 0.25) is 0 Å². The van der Waals surface area contributed by atoms with Crippen LogP contribution in [-0.2, 0) is 0 Å². The molecule has 6 heteroatoms. The molecular weight excluding hydrogens is 323 g/mol. The molecule has 0 fully saturated rings. The van der Waals surface area contributed by atoms with Crippen molar-refractivity contribution in [3.05, 3.63) is 99.6 Å². The maximum Gasteiger partial charge on any atom is 0.404 e. The maximum atomic E-state index is 13.0. The molecule has 1 aromatic heterocycles. The smallest absolute Gasteiger partial charge is 0.404 e. The lowest BCUT2D eigenvalue weighted by molar-refractivity contribution is -0.00669. The van der Waals surface area contributed by atoms with Crippen LogP contribution >= 0.6 is 0 Å². The fourth-order valence-corrected chi connectivity index (χ4v) is 2.28. The van der Waals surface area contributed by atoms with Crippen LogP contribution in [-0.4, -0.2) is 16.3 Å². The summed E-state index contributed by atoms with van der Waals surface area (Å²) in [5.41, 5.74) is 9.15. The highest BCUT2D eigenvalue weighted by molar-refractivity contribution is 6.48. The fourth-order valence-electron chi connectivity index (χ4n) is 2.28. The Balaban J connectivity index is 2.07. The number of carbonyl (C=O) groups excluding carboxylic acids is 1. The zero-order chi connectivity index (χ0) is 17.8. The molecule has 5 nitrogen and oxygen atoms in total. The predicted octanol–water partition coefficient (Wildman–Crippen LogP) is 3.35. The van der Waals surface area contributed by atoms with Gasteiger partial charge >= 0.3 is 5.71 Å². The molecule has 2 aromatic carbocycles. The summed E-state index contributed by atoms with van der Waals surface area (Å²) in [5.74, 6) is -1.07. The van der Waals surface area contributed by atoms with Crippen LogP contribution in [0.25, 0.3) is 16.9 Å². The van der Waals surface area contributed by atoms with Crippen LogP contribution in [0, 0.1) is 5.82 Å². The number of ketones is 1. The van der Waals surface area contributed by atoms with E-state index in [0.717, 1.165) is 6.07 Å². The quantitative estimate of drug-likeness (QED) is 0.317. The van der Waals surface area contributed by atoms with Gasteiger partial charge in [0.1, 0.15) is 11.6 Å². The Labute approximate surface area is 141 Å². The first-order chi connectivity index (χ1) is 12.1. The van der Waals surface area contributed by atoms with E-state index < -0.39 is 22.7 Å². The first-order valence-corrected chi connectivity index (χ1v) is 7.32. The van der Waals surface area contributed by atoms with Gasteiger partial charge in [0.15, 0.2) is 5.43 Å². The third-order valence-electron chi connectivity index (χ3n) is 3.48. The van der Waals surface area contributed by atoms with E-state index in [0.29, 0.717) is 5.56 Å². The van der Waals surface area contributed by atoms with Crippen molar-refractivity contribution in [2.75, 3.05) is 0 Å². The van der Waals surface area contributed by atoms with Crippen LogP contribution in [0.1, 0.15) is 16.1 Å². The Morgan fingerprint density at radius 1 is 1.00 bits per heavy atom. The minimum absolute atomic E-state index is 0.129. The largest absolute Gasteiger partial charge is 0.448 e. The Morgan fingerprint density at radius 3 is 2.32 bits per heavy atom. The second-order valence-electron chi connectivity index (χ2n) is 5.17. The van der Waals surface area contributed by atoms with E-state index in [1.54, 1.807) is 30.3 Å². The summed E-state index contributed by atoms with van der Waals surface area (Å²) in [6.07, 6.45) is 0. The van der Waals surface area contributed by atoms with Crippen molar-refractivity contribution in [1.82, 2.24) is 0 Å². The van der Waals surface area contributed by atoms with Crippen molar-refractivity contribution in [2.24, 2.45) is 0 Å². The fraction of sp³-hybridized carbons (Fsp3) is 0. The lowest BCUT2D eigenvalue weighted by Gasteiger charge is -2.02. The normalized spacial score (nSPS) is 10.1. The van der Waals surface area contributed by atoms with Crippen LogP contribution in [0.5, 0.6) is 0 Å². The van der Waals surface area contributed by atoms with Gasteiger partial charge in [-0.1, -0.05) is 30.3 Å². The molecular formula is C19H11FN2O3. The van der Waals surface area contributed by atoms with E-state index in [9.17, 15) is 19.5 Å². The molecule has 1 heterocycles. The summed E-state index contributed by atoms with van der Waals surface area (Å²) in [7, 11) is 0. The zero-order valence-electron chi connectivity index (χ0n) is 12.8. The molecule has 0 bridgehead atoms. The lowest BCUT2D eigenvalue weighted by Crippen LogP contribution is -2.19. The van der Waals surface area contributed by atoms with Crippen molar-refractivity contribution in [2.45, 2.75) is 0 Å².